The monoisotopic (exact) mass is 298 g/mol. The summed E-state index contributed by atoms with van der Waals surface area (Å²) in [7, 11) is 0. The van der Waals surface area contributed by atoms with Crippen LogP contribution in [0.15, 0.2) is 11.1 Å². The Morgan fingerprint density at radius 1 is 1.38 bits per heavy atom. The molecule has 0 aliphatic carbocycles. The summed E-state index contributed by atoms with van der Waals surface area (Å²) in [5.41, 5.74) is 4.88. The molecule has 0 spiro atoms. The number of hydrogen-bond donors (Lipinski definition) is 5. The van der Waals surface area contributed by atoms with Gasteiger partial charge in [-0.2, -0.15) is 9.66 Å². The highest BCUT2D eigenvalue weighted by atomic mass is 16.6. The first-order valence-electron chi connectivity index (χ1n) is 6.08. The van der Waals surface area contributed by atoms with Crippen molar-refractivity contribution in [3.8, 4) is 0 Å². The molecular formula is C10H14N6O5. The van der Waals surface area contributed by atoms with Gasteiger partial charge in [-0.3, -0.25) is 9.36 Å². The summed E-state index contributed by atoms with van der Waals surface area (Å²) in [4.78, 5) is 19.7. The number of rotatable bonds is 2. The molecule has 3 rings (SSSR count). The van der Waals surface area contributed by atoms with Crippen LogP contribution in [0.5, 0.6) is 0 Å². The predicted octanol–water partition coefficient (Wildman–Crippen LogP) is -3.50. The smallest absolute Gasteiger partial charge is 0.301 e. The van der Waals surface area contributed by atoms with Crippen molar-refractivity contribution in [3.05, 3.63) is 16.7 Å². The number of aliphatic hydroxyl groups is 3. The lowest BCUT2D eigenvalue weighted by atomic mass is 10.1. The minimum atomic E-state index is -1.32. The molecule has 0 aromatic carbocycles. The molecule has 1 fully saturated rings. The van der Waals surface area contributed by atoms with Crippen molar-refractivity contribution in [2.45, 2.75) is 24.5 Å². The number of nitrogens with two attached hydrogens (primary N) is 2. The highest BCUT2D eigenvalue weighted by Gasteiger charge is 2.44. The van der Waals surface area contributed by atoms with E-state index in [0.717, 1.165) is 0 Å². The lowest BCUT2D eigenvalue weighted by molar-refractivity contribution is -0.0511. The minimum absolute atomic E-state index is 0.0514. The van der Waals surface area contributed by atoms with E-state index in [4.69, 9.17) is 21.4 Å². The second kappa shape index (κ2) is 4.66. The summed E-state index contributed by atoms with van der Waals surface area (Å²) in [5, 5.41) is 28.8. The minimum Gasteiger partial charge on any atom is -0.394 e. The molecule has 7 N–H and O–H groups in total. The second-order valence-electron chi connectivity index (χ2n) is 4.70. The van der Waals surface area contributed by atoms with E-state index < -0.39 is 36.7 Å². The maximum atomic E-state index is 11.9. The van der Waals surface area contributed by atoms with E-state index in [1.165, 1.54) is 10.9 Å². The summed E-state index contributed by atoms with van der Waals surface area (Å²) >= 11 is 0. The van der Waals surface area contributed by atoms with E-state index in [9.17, 15) is 15.0 Å². The van der Waals surface area contributed by atoms with Crippen LogP contribution in [0.1, 0.15) is 6.23 Å². The molecule has 0 radical (unpaired) electrons. The average Bonchev–Trinajstić information content (AvgIpc) is 2.99. The van der Waals surface area contributed by atoms with Crippen LogP contribution in [0.3, 0.4) is 0 Å². The van der Waals surface area contributed by atoms with Crippen molar-refractivity contribution in [2.75, 3.05) is 18.2 Å². The van der Waals surface area contributed by atoms with Gasteiger partial charge in [-0.1, -0.05) is 0 Å². The van der Waals surface area contributed by atoms with E-state index >= 15 is 0 Å². The molecule has 0 bridgehead atoms. The van der Waals surface area contributed by atoms with Gasteiger partial charge in [-0.05, 0) is 0 Å². The molecule has 4 unspecified atom stereocenters. The maximum Gasteiger partial charge on any atom is 0.301 e. The van der Waals surface area contributed by atoms with Gasteiger partial charge < -0.3 is 31.6 Å². The molecule has 21 heavy (non-hydrogen) atoms. The molecule has 1 aliphatic rings. The Bertz CT molecular complexity index is 741. The van der Waals surface area contributed by atoms with Crippen LogP contribution in [0, 0.1) is 0 Å². The summed E-state index contributed by atoms with van der Waals surface area (Å²) in [6, 6.07) is 0. The average molecular weight is 298 g/mol. The number of nitrogens with zero attached hydrogens (tertiary/aromatic N) is 4. The van der Waals surface area contributed by atoms with Crippen molar-refractivity contribution in [3.63, 3.8) is 0 Å². The fourth-order valence-electron chi connectivity index (χ4n) is 2.29. The zero-order valence-corrected chi connectivity index (χ0v) is 10.7. The molecule has 2 aromatic heterocycles. The number of aromatic nitrogens is 4. The fraction of sp³-hybridized carbons (Fsp3) is 0.500. The lowest BCUT2D eigenvalue weighted by Crippen LogP contribution is -2.33. The topological polar surface area (TPSA) is 175 Å². The number of nitrogen functional groups attached to an aromatic ring is 2. The van der Waals surface area contributed by atoms with Gasteiger partial charge in [-0.25, -0.2) is 4.98 Å². The van der Waals surface area contributed by atoms with Crippen LogP contribution in [0.4, 0.5) is 5.95 Å². The van der Waals surface area contributed by atoms with Gasteiger partial charge in [0.15, 0.2) is 17.4 Å². The van der Waals surface area contributed by atoms with Gasteiger partial charge in [0.05, 0.1) is 12.9 Å². The summed E-state index contributed by atoms with van der Waals surface area (Å²) in [5.74, 6) is 5.18. The Balaban J connectivity index is 2.12. The first-order chi connectivity index (χ1) is 9.95. The molecule has 11 heteroatoms. The Labute approximate surface area is 117 Å². The molecule has 0 saturated carbocycles. The Hall–Kier alpha value is -2.21. The van der Waals surface area contributed by atoms with E-state index in [2.05, 4.69) is 9.97 Å². The molecule has 4 atom stereocenters. The summed E-state index contributed by atoms with van der Waals surface area (Å²) in [6.07, 6.45) is -3.37. The van der Waals surface area contributed by atoms with Crippen LogP contribution in [0.2, 0.25) is 0 Å². The lowest BCUT2D eigenvalue weighted by Gasteiger charge is -2.16. The van der Waals surface area contributed by atoms with E-state index in [1.807, 2.05) is 0 Å². The third kappa shape index (κ3) is 1.86. The third-order valence-electron chi connectivity index (χ3n) is 3.45. The number of fused-ring (bicyclic) bond motifs is 1. The van der Waals surface area contributed by atoms with Gasteiger partial charge in [0.25, 0.3) is 0 Å². The van der Waals surface area contributed by atoms with Crippen LogP contribution in [-0.4, -0.2) is 59.4 Å². The van der Waals surface area contributed by atoms with E-state index in [0.29, 0.717) is 4.68 Å². The number of aliphatic hydroxyl groups excluding tert-OH is 3. The molecule has 0 amide bonds. The zero-order valence-electron chi connectivity index (χ0n) is 10.7. The molecule has 1 aliphatic heterocycles. The SMILES string of the molecule is Nc1nc2c(ncn2C2OC(CO)C(O)C2O)c(=O)n1N. The fourth-order valence-corrected chi connectivity index (χ4v) is 2.29. The van der Waals surface area contributed by atoms with Crippen LogP contribution in [-0.2, 0) is 4.74 Å². The van der Waals surface area contributed by atoms with Gasteiger partial charge in [0, 0.05) is 0 Å². The quantitative estimate of drug-likeness (QED) is 0.352. The zero-order chi connectivity index (χ0) is 15.3. The van der Waals surface area contributed by atoms with E-state index in [-0.39, 0.29) is 17.1 Å². The van der Waals surface area contributed by atoms with Crippen molar-refractivity contribution < 1.29 is 20.1 Å². The first-order valence-corrected chi connectivity index (χ1v) is 6.08. The van der Waals surface area contributed by atoms with Gasteiger partial charge in [0.1, 0.15) is 18.3 Å². The van der Waals surface area contributed by atoms with Crippen molar-refractivity contribution in [1.29, 1.82) is 0 Å². The highest BCUT2D eigenvalue weighted by molar-refractivity contribution is 5.71. The third-order valence-corrected chi connectivity index (χ3v) is 3.45. The summed E-state index contributed by atoms with van der Waals surface area (Å²) in [6.45, 7) is -0.466. The standard InChI is InChI=1S/C10H14N6O5/c11-10-14-7-4(8(20)16(10)12)13-2-15(7)9-6(19)5(18)3(1-17)21-9/h2-3,5-6,9,17-19H,1,12H2,(H2,11,14). The van der Waals surface area contributed by atoms with Crippen molar-refractivity contribution in [1.82, 2.24) is 19.2 Å². The number of imidazole rings is 1. The first kappa shape index (κ1) is 13.8. The Morgan fingerprint density at radius 2 is 2.10 bits per heavy atom. The predicted molar refractivity (Wildman–Crippen MR) is 69.4 cm³/mol. The molecule has 11 nitrogen and oxygen atoms in total. The number of ether oxygens (including phenoxy) is 1. The molecule has 1 saturated heterocycles. The van der Waals surface area contributed by atoms with Crippen LogP contribution < -0.4 is 17.1 Å². The molecule has 114 valence electrons. The second-order valence-corrected chi connectivity index (χ2v) is 4.70. The molecule has 2 aromatic rings. The van der Waals surface area contributed by atoms with Gasteiger partial charge in [-0.15, -0.1) is 0 Å². The maximum absolute atomic E-state index is 11.9. The Morgan fingerprint density at radius 3 is 2.71 bits per heavy atom. The summed E-state index contributed by atoms with van der Waals surface area (Å²) < 4.78 is 7.26. The molecular weight excluding hydrogens is 284 g/mol. The largest absolute Gasteiger partial charge is 0.394 e. The molecule has 3 heterocycles. The van der Waals surface area contributed by atoms with Crippen molar-refractivity contribution in [2.24, 2.45) is 0 Å². The highest BCUT2D eigenvalue weighted by Crippen LogP contribution is 2.30. The van der Waals surface area contributed by atoms with Gasteiger partial charge in [0.2, 0.25) is 5.95 Å². The number of anilines is 1. The van der Waals surface area contributed by atoms with Crippen LogP contribution in [0.25, 0.3) is 11.2 Å². The van der Waals surface area contributed by atoms with E-state index in [1.54, 1.807) is 0 Å². The Kier molecular flexibility index (Phi) is 3.06. The van der Waals surface area contributed by atoms with Crippen molar-refractivity contribution >= 4 is 17.1 Å². The normalized spacial score (nSPS) is 29.3. The van der Waals surface area contributed by atoms with Crippen LogP contribution >= 0.6 is 0 Å². The van der Waals surface area contributed by atoms with Gasteiger partial charge >= 0.3 is 5.56 Å². The number of hydrogen-bond acceptors (Lipinski definition) is 9.